The van der Waals surface area contributed by atoms with Gasteiger partial charge >= 0.3 is 0 Å². The maximum absolute atomic E-state index is 4.00. The lowest BCUT2D eigenvalue weighted by atomic mass is 10.1. The molecule has 4 heteroatoms. The molecule has 1 aliphatic heterocycles. The minimum absolute atomic E-state index is 1.09. The van der Waals surface area contributed by atoms with Gasteiger partial charge in [-0.15, -0.1) is 0 Å². The second kappa shape index (κ2) is 9.89. The second-order valence-electron chi connectivity index (χ2n) is 12.1. The van der Waals surface area contributed by atoms with E-state index in [4.69, 9.17) is 0 Å². The molecule has 0 saturated carbocycles. The van der Waals surface area contributed by atoms with Gasteiger partial charge in [0.15, 0.2) is 0 Å². The van der Waals surface area contributed by atoms with Crippen molar-refractivity contribution < 1.29 is 0 Å². The smallest absolute Gasteiger partial charge is 0.0688 e. The Balaban J connectivity index is 1.35. The van der Waals surface area contributed by atoms with E-state index in [1.807, 2.05) is 17.8 Å². The fourth-order valence-corrected chi connectivity index (χ4v) is 9.01. The Labute approximate surface area is 275 Å². The summed E-state index contributed by atoms with van der Waals surface area (Å²) >= 11 is 1.88. The minimum atomic E-state index is 1.09. The minimum Gasteiger partial charge on any atom is -0.309 e. The molecule has 6 aromatic carbocycles. The van der Waals surface area contributed by atoms with Gasteiger partial charge in [0.2, 0.25) is 0 Å². The summed E-state index contributed by atoms with van der Waals surface area (Å²) < 4.78 is 7.31. The van der Waals surface area contributed by atoms with E-state index < -0.39 is 0 Å². The maximum Gasteiger partial charge on any atom is 0.0688 e. The van der Waals surface area contributed by atoms with E-state index in [1.54, 1.807) is 0 Å². The van der Waals surface area contributed by atoms with Crippen molar-refractivity contribution in [2.75, 3.05) is 0 Å². The molecule has 47 heavy (non-hydrogen) atoms. The van der Waals surface area contributed by atoms with Gasteiger partial charge in [-0.1, -0.05) is 97.2 Å². The number of benzene rings is 6. The first-order valence-corrected chi connectivity index (χ1v) is 16.8. The van der Waals surface area contributed by atoms with Crippen molar-refractivity contribution >= 4 is 82.9 Å². The van der Waals surface area contributed by atoms with Crippen LogP contribution in [0.2, 0.25) is 0 Å². The van der Waals surface area contributed by atoms with Gasteiger partial charge in [0.05, 0.1) is 38.8 Å². The van der Waals surface area contributed by atoms with E-state index in [-0.39, 0.29) is 0 Å². The summed E-state index contributed by atoms with van der Waals surface area (Å²) in [6.07, 6.45) is 8.18. The molecule has 0 fully saturated rings. The first-order valence-electron chi connectivity index (χ1n) is 16.0. The number of aromatic nitrogens is 3. The molecule has 0 spiro atoms. The maximum atomic E-state index is 4.00. The highest BCUT2D eigenvalue weighted by molar-refractivity contribution is 7.99. The summed E-state index contributed by atoms with van der Waals surface area (Å²) in [5.74, 6) is 0. The summed E-state index contributed by atoms with van der Waals surface area (Å²) in [5, 5.41) is 7.66. The van der Waals surface area contributed by atoms with Gasteiger partial charge < -0.3 is 13.7 Å². The van der Waals surface area contributed by atoms with Gasteiger partial charge in [0, 0.05) is 53.5 Å². The summed E-state index contributed by atoms with van der Waals surface area (Å²) in [6.45, 7) is 6.06. The number of para-hydroxylation sites is 4. The molecular formula is C43H29N3S. The zero-order valence-corrected chi connectivity index (χ0v) is 26.6. The third-order valence-electron chi connectivity index (χ3n) is 9.66. The molecule has 0 unspecified atom stereocenters. The van der Waals surface area contributed by atoms with E-state index in [0.29, 0.717) is 0 Å². The van der Waals surface area contributed by atoms with E-state index >= 15 is 0 Å². The van der Waals surface area contributed by atoms with Crippen molar-refractivity contribution in [1.82, 2.24) is 13.7 Å². The van der Waals surface area contributed by atoms with Crippen LogP contribution >= 0.6 is 11.8 Å². The van der Waals surface area contributed by atoms with Crippen LogP contribution in [0.25, 0.3) is 82.5 Å². The largest absolute Gasteiger partial charge is 0.309 e. The van der Waals surface area contributed by atoms with Crippen LogP contribution < -0.4 is 0 Å². The Morgan fingerprint density at radius 3 is 2.04 bits per heavy atom. The number of nitrogens with zero attached hydrogens (tertiary/aromatic N) is 3. The number of hydrogen-bond donors (Lipinski definition) is 0. The lowest BCUT2D eigenvalue weighted by Crippen LogP contribution is -2.01. The summed E-state index contributed by atoms with van der Waals surface area (Å²) in [4.78, 5) is 2.57. The zero-order valence-electron chi connectivity index (χ0n) is 25.8. The zero-order chi connectivity index (χ0) is 31.2. The summed E-state index contributed by atoms with van der Waals surface area (Å²) in [7, 11) is 0. The van der Waals surface area contributed by atoms with Crippen LogP contribution in [-0.2, 0) is 0 Å². The van der Waals surface area contributed by atoms with Gasteiger partial charge in [-0.3, -0.25) is 0 Å². The van der Waals surface area contributed by atoms with Gasteiger partial charge in [-0.05, 0) is 73.7 Å². The molecule has 0 N–H and O–H groups in total. The third kappa shape index (κ3) is 3.53. The van der Waals surface area contributed by atoms with Crippen LogP contribution in [0.4, 0.5) is 0 Å². The van der Waals surface area contributed by atoms with E-state index in [1.165, 1.54) is 80.9 Å². The topological polar surface area (TPSA) is 14.8 Å². The van der Waals surface area contributed by atoms with Crippen molar-refractivity contribution in [2.24, 2.45) is 0 Å². The normalized spacial score (nSPS) is 13.3. The molecule has 1 aliphatic rings. The predicted octanol–water partition coefficient (Wildman–Crippen LogP) is 12.1. The molecule has 10 rings (SSSR count). The molecule has 0 radical (unpaired) electrons. The van der Waals surface area contributed by atoms with E-state index in [9.17, 15) is 0 Å². The average Bonchev–Trinajstić information content (AvgIpc) is 3.74. The molecule has 3 aromatic heterocycles. The standard InChI is InChI=1S/C43H29N3S/c1-3-13-27(14-4-2)44-33-18-8-5-15-29(33)32-25-28(23-24-36(32)44)45-34-19-9-6-16-30(34)41-38(45)26-40-43-42(41)31-17-7-10-20-35(31)46(43)37-21-11-12-22-39(37)47-40/h3-26H,1H2,2H3/b14-4-,27-13+. The van der Waals surface area contributed by atoms with E-state index in [0.717, 1.165) is 11.4 Å². The van der Waals surface area contributed by atoms with Crippen LogP contribution in [0, 0.1) is 0 Å². The molecule has 0 saturated heterocycles. The van der Waals surface area contributed by atoms with Crippen LogP contribution in [0.3, 0.4) is 0 Å². The van der Waals surface area contributed by atoms with Gasteiger partial charge in [-0.2, -0.15) is 0 Å². The summed E-state index contributed by atoms with van der Waals surface area (Å²) in [6, 6.07) is 44.7. The Morgan fingerprint density at radius 1 is 0.596 bits per heavy atom. The van der Waals surface area contributed by atoms with Crippen molar-refractivity contribution in [3.05, 3.63) is 152 Å². The lowest BCUT2D eigenvalue weighted by molar-refractivity contribution is 1.09. The lowest BCUT2D eigenvalue weighted by Gasteiger charge is -2.20. The van der Waals surface area contributed by atoms with Crippen LogP contribution in [0.1, 0.15) is 6.92 Å². The SMILES string of the molecule is C=C/C=C(\C=C/C)n1c2ccccc2c2cc(-n3c4ccccc4c4c5c6ccccc6n6c5c(cc43)Sc3ccccc3-6)ccc21. The Bertz CT molecular complexity index is 2850. The Morgan fingerprint density at radius 2 is 1.26 bits per heavy atom. The van der Waals surface area contributed by atoms with Crippen molar-refractivity contribution in [1.29, 1.82) is 0 Å². The Kier molecular flexibility index (Phi) is 5.58. The van der Waals surface area contributed by atoms with Gasteiger partial charge in [0.25, 0.3) is 0 Å². The average molecular weight is 620 g/mol. The van der Waals surface area contributed by atoms with Crippen molar-refractivity contribution in [3.8, 4) is 11.4 Å². The van der Waals surface area contributed by atoms with Gasteiger partial charge in [0.1, 0.15) is 0 Å². The van der Waals surface area contributed by atoms with Gasteiger partial charge in [-0.25, -0.2) is 0 Å². The van der Waals surface area contributed by atoms with Crippen LogP contribution in [0.15, 0.2) is 162 Å². The molecule has 9 aromatic rings. The molecule has 0 aliphatic carbocycles. The van der Waals surface area contributed by atoms with Crippen molar-refractivity contribution in [3.63, 3.8) is 0 Å². The quantitative estimate of drug-likeness (QED) is 0.179. The molecule has 0 atom stereocenters. The summed E-state index contributed by atoms with van der Waals surface area (Å²) in [5.41, 5.74) is 10.8. The highest BCUT2D eigenvalue weighted by Gasteiger charge is 2.27. The first kappa shape index (κ1) is 26.5. The van der Waals surface area contributed by atoms with Crippen LogP contribution in [0.5, 0.6) is 0 Å². The number of fused-ring (bicyclic) bond motifs is 12. The number of hydrogen-bond acceptors (Lipinski definition) is 1. The van der Waals surface area contributed by atoms with Crippen molar-refractivity contribution in [2.45, 2.75) is 16.7 Å². The molecule has 222 valence electrons. The Hall–Kier alpha value is -5.71. The third-order valence-corrected chi connectivity index (χ3v) is 10.8. The molecule has 4 heterocycles. The molecular weight excluding hydrogens is 591 g/mol. The molecule has 0 bridgehead atoms. The fourth-order valence-electron chi connectivity index (χ4n) is 7.91. The molecule has 0 amide bonds. The number of rotatable bonds is 4. The predicted molar refractivity (Wildman–Crippen MR) is 202 cm³/mol. The highest BCUT2D eigenvalue weighted by atomic mass is 32.2. The molecule has 3 nitrogen and oxygen atoms in total. The second-order valence-corrected chi connectivity index (χ2v) is 13.2. The first-order chi connectivity index (χ1) is 23.3. The monoisotopic (exact) mass is 619 g/mol. The highest BCUT2D eigenvalue weighted by Crippen LogP contribution is 2.51. The number of allylic oxidation sites excluding steroid dienone is 5. The van der Waals surface area contributed by atoms with E-state index in [2.05, 4.69) is 167 Å². The fraction of sp³-hybridized carbons (Fsp3) is 0.0233. The van der Waals surface area contributed by atoms with Crippen LogP contribution in [-0.4, -0.2) is 13.7 Å².